The largest absolute Gasteiger partial charge is 0.433 e. The second-order valence-corrected chi connectivity index (χ2v) is 4.33. The van der Waals surface area contributed by atoms with Gasteiger partial charge in [0, 0.05) is 24.7 Å². The molecule has 0 bridgehead atoms. The minimum atomic E-state index is -4.55. The summed E-state index contributed by atoms with van der Waals surface area (Å²) in [6, 6.07) is 1.98. The Labute approximate surface area is 115 Å². The smallest absolute Gasteiger partial charge is 0.366 e. The Hall–Kier alpha value is -2.05. The third-order valence-electron chi connectivity index (χ3n) is 2.71. The van der Waals surface area contributed by atoms with Crippen LogP contribution in [0.5, 0.6) is 0 Å². The highest BCUT2D eigenvalue weighted by atomic mass is 19.4. The van der Waals surface area contributed by atoms with E-state index >= 15 is 0 Å². The van der Waals surface area contributed by atoms with Gasteiger partial charge in [0.25, 0.3) is 0 Å². The molecule has 0 radical (unpaired) electrons. The molecule has 0 saturated carbocycles. The van der Waals surface area contributed by atoms with Crippen LogP contribution in [-0.4, -0.2) is 24.5 Å². The summed E-state index contributed by atoms with van der Waals surface area (Å²) < 4.78 is 38.1. The average Bonchev–Trinajstić information content (AvgIpc) is 2.36. The fraction of sp³-hybridized carbons (Fsp3) is 0.385. The van der Waals surface area contributed by atoms with Crippen LogP contribution in [0.3, 0.4) is 0 Å². The Kier molecular flexibility index (Phi) is 4.75. The van der Waals surface area contributed by atoms with Gasteiger partial charge in [0.15, 0.2) is 0 Å². The molecular weight excluding hydrogens is 271 g/mol. The lowest BCUT2D eigenvalue weighted by Crippen LogP contribution is -2.24. The third-order valence-corrected chi connectivity index (χ3v) is 2.71. The van der Waals surface area contributed by atoms with Crippen LogP contribution in [-0.2, 0) is 11.0 Å². The number of hydrogen-bond donors (Lipinski definition) is 1. The number of pyridine rings is 1. The van der Waals surface area contributed by atoms with Crippen molar-refractivity contribution in [3.8, 4) is 0 Å². The maximum Gasteiger partial charge on any atom is 0.433 e. The van der Waals surface area contributed by atoms with Crippen LogP contribution in [0.4, 0.5) is 19.0 Å². The summed E-state index contributed by atoms with van der Waals surface area (Å²) in [5.41, 5.74) is 4.25. The first-order valence-electron chi connectivity index (χ1n) is 5.97. The molecule has 110 valence electrons. The molecule has 0 saturated heterocycles. The zero-order valence-corrected chi connectivity index (χ0v) is 11.3. The van der Waals surface area contributed by atoms with E-state index in [9.17, 15) is 18.0 Å². The molecule has 0 aliphatic carbocycles. The first-order chi connectivity index (χ1) is 9.18. The maximum atomic E-state index is 12.7. The van der Waals surface area contributed by atoms with E-state index in [4.69, 9.17) is 5.73 Å². The number of nitrogens with zero attached hydrogens (tertiary/aromatic N) is 2. The molecular formula is C13H16F3N3O. The molecule has 2 N–H and O–H groups in total. The molecule has 1 heterocycles. The second-order valence-electron chi connectivity index (χ2n) is 4.33. The molecule has 4 nitrogen and oxygen atoms in total. The third kappa shape index (κ3) is 3.49. The van der Waals surface area contributed by atoms with Crippen molar-refractivity contribution in [2.75, 3.05) is 18.5 Å². The Bertz CT molecular complexity index is 526. The summed E-state index contributed by atoms with van der Waals surface area (Å²) in [5, 5.41) is 0. The Morgan fingerprint density at radius 1 is 1.45 bits per heavy atom. The zero-order chi connectivity index (χ0) is 15.5. The number of aromatic nitrogens is 1. The Balaban J connectivity index is 3.38. The van der Waals surface area contributed by atoms with Gasteiger partial charge in [-0.3, -0.25) is 4.79 Å². The number of hydrogen-bond acceptors (Lipinski definition) is 3. The van der Waals surface area contributed by atoms with Gasteiger partial charge >= 0.3 is 6.18 Å². The second kappa shape index (κ2) is 5.94. The van der Waals surface area contributed by atoms with Crippen molar-refractivity contribution in [1.29, 1.82) is 0 Å². The number of carbonyl (C=O) groups excluding carboxylic acids is 1. The predicted molar refractivity (Wildman–Crippen MR) is 71.0 cm³/mol. The van der Waals surface area contributed by atoms with E-state index in [1.807, 2.05) is 6.92 Å². The van der Waals surface area contributed by atoms with Gasteiger partial charge in [-0.25, -0.2) is 4.98 Å². The first kappa shape index (κ1) is 16.0. The highest BCUT2D eigenvalue weighted by Crippen LogP contribution is 2.32. The molecule has 1 amide bonds. The summed E-state index contributed by atoms with van der Waals surface area (Å²) in [4.78, 5) is 16.3. The molecule has 1 aromatic heterocycles. The lowest BCUT2D eigenvalue weighted by molar-refractivity contribution is -0.141. The predicted octanol–water partition coefficient (Wildman–Crippen LogP) is 2.45. The molecule has 0 aliphatic rings. The van der Waals surface area contributed by atoms with Gasteiger partial charge in [0.2, 0.25) is 5.91 Å². The van der Waals surface area contributed by atoms with Gasteiger partial charge in [0.1, 0.15) is 11.5 Å². The van der Waals surface area contributed by atoms with Crippen molar-refractivity contribution in [3.05, 3.63) is 30.0 Å². The van der Waals surface area contributed by atoms with Crippen LogP contribution in [0.25, 0.3) is 5.57 Å². The van der Waals surface area contributed by atoms with Crippen molar-refractivity contribution in [2.45, 2.75) is 19.5 Å². The quantitative estimate of drug-likeness (QED) is 0.846. The highest BCUT2D eigenvalue weighted by Gasteiger charge is 2.33. The molecule has 0 aromatic carbocycles. The van der Waals surface area contributed by atoms with E-state index in [-0.39, 0.29) is 17.0 Å². The highest BCUT2D eigenvalue weighted by molar-refractivity contribution is 6.19. The fourth-order valence-corrected chi connectivity index (χ4v) is 1.71. The van der Waals surface area contributed by atoms with E-state index in [0.29, 0.717) is 6.54 Å². The lowest BCUT2D eigenvalue weighted by Gasteiger charge is -2.22. The lowest BCUT2D eigenvalue weighted by atomic mass is 10.1. The zero-order valence-electron chi connectivity index (χ0n) is 11.3. The summed E-state index contributed by atoms with van der Waals surface area (Å²) in [6.07, 6.45) is -3.83. The van der Waals surface area contributed by atoms with E-state index in [2.05, 4.69) is 11.6 Å². The summed E-state index contributed by atoms with van der Waals surface area (Å²) in [5.74, 6) is -0.747. The monoisotopic (exact) mass is 287 g/mol. The molecule has 7 heteroatoms. The Morgan fingerprint density at radius 2 is 2.05 bits per heavy atom. The number of primary amides is 1. The average molecular weight is 287 g/mol. The number of anilines is 1. The van der Waals surface area contributed by atoms with E-state index < -0.39 is 17.8 Å². The summed E-state index contributed by atoms with van der Waals surface area (Å²) in [6.45, 7) is 5.87. The van der Waals surface area contributed by atoms with E-state index in [1.165, 1.54) is 6.07 Å². The summed E-state index contributed by atoms with van der Waals surface area (Å²) >= 11 is 0. The molecule has 20 heavy (non-hydrogen) atoms. The Morgan fingerprint density at radius 3 is 2.50 bits per heavy atom. The topological polar surface area (TPSA) is 59.2 Å². The van der Waals surface area contributed by atoms with Crippen LogP contribution in [0.1, 0.15) is 24.6 Å². The molecule has 0 spiro atoms. The minimum Gasteiger partial charge on any atom is -0.366 e. The SMILES string of the molecule is C=C(C(N)=O)c1ccc(C(F)(F)F)nc1N(C)CCC. The molecule has 1 rings (SSSR count). The van der Waals surface area contributed by atoms with Gasteiger partial charge in [-0.15, -0.1) is 0 Å². The van der Waals surface area contributed by atoms with Crippen molar-refractivity contribution >= 4 is 17.3 Å². The summed E-state index contributed by atoms with van der Waals surface area (Å²) in [7, 11) is 1.60. The van der Waals surface area contributed by atoms with Gasteiger partial charge < -0.3 is 10.6 Å². The van der Waals surface area contributed by atoms with Crippen molar-refractivity contribution in [1.82, 2.24) is 4.98 Å². The number of halogens is 3. The van der Waals surface area contributed by atoms with E-state index in [1.54, 1.807) is 11.9 Å². The van der Waals surface area contributed by atoms with Crippen LogP contribution < -0.4 is 10.6 Å². The van der Waals surface area contributed by atoms with Gasteiger partial charge in [-0.2, -0.15) is 13.2 Å². The van der Waals surface area contributed by atoms with Gasteiger partial charge in [-0.05, 0) is 18.6 Å². The fourth-order valence-electron chi connectivity index (χ4n) is 1.71. The van der Waals surface area contributed by atoms with Crippen LogP contribution in [0.15, 0.2) is 18.7 Å². The van der Waals surface area contributed by atoms with Crippen molar-refractivity contribution < 1.29 is 18.0 Å². The first-order valence-corrected chi connectivity index (χ1v) is 5.97. The number of nitrogens with two attached hydrogens (primary N) is 1. The number of amides is 1. The van der Waals surface area contributed by atoms with Crippen molar-refractivity contribution in [2.24, 2.45) is 5.73 Å². The van der Waals surface area contributed by atoms with E-state index in [0.717, 1.165) is 12.5 Å². The number of rotatable bonds is 5. The van der Waals surface area contributed by atoms with Crippen LogP contribution in [0, 0.1) is 0 Å². The van der Waals surface area contributed by atoms with Crippen LogP contribution in [0.2, 0.25) is 0 Å². The number of alkyl halides is 3. The minimum absolute atomic E-state index is 0.0467. The van der Waals surface area contributed by atoms with Gasteiger partial charge in [-0.1, -0.05) is 13.5 Å². The maximum absolute atomic E-state index is 12.7. The van der Waals surface area contributed by atoms with Gasteiger partial charge in [0.05, 0.1) is 0 Å². The van der Waals surface area contributed by atoms with Crippen molar-refractivity contribution in [3.63, 3.8) is 0 Å². The van der Waals surface area contributed by atoms with Crippen LogP contribution >= 0.6 is 0 Å². The molecule has 0 unspecified atom stereocenters. The molecule has 1 aromatic rings. The number of carbonyl (C=O) groups is 1. The molecule has 0 atom stereocenters. The standard InChI is InChI=1S/C13H16F3N3O/c1-4-7-19(3)12-9(8(2)11(17)20)5-6-10(18-12)13(14,15)16/h5-6H,2,4,7H2,1,3H3,(H2,17,20). The molecule has 0 fully saturated rings. The normalized spacial score (nSPS) is 11.2. The molecule has 0 aliphatic heterocycles.